The molecule has 0 radical (unpaired) electrons. The zero-order valence-corrected chi connectivity index (χ0v) is 10.2. The van der Waals surface area contributed by atoms with E-state index in [2.05, 4.69) is 4.74 Å². The number of nitrogens with zero attached hydrogens (tertiary/aromatic N) is 1. The summed E-state index contributed by atoms with van der Waals surface area (Å²) in [6.07, 6.45) is -4.67. The molecule has 0 spiro atoms. The van der Waals surface area contributed by atoms with E-state index in [4.69, 9.17) is 5.26 Å². The minimum Gasteiger partial charge on any atom is -0.459 e. The first-order chi connectivity index (χ1) is 9.27. The average molecular weight is 286 g/mol. The number of alkyl halides is 3. The second-order valence-corrected chi connectivity index (χ2v) is 3.58. The van der Waals surface area contributed by atoms with Gasteiger partial charge in [-0.3, -0.25) is 4.79 Å². The van der Waals surface area contributed by atoms with E-state index in [0.717, 1.165) is 6.07 Å². The van der Waals surface area contributed by atoms with Crippen LogP contribution >= 0.6 is 0 Å². The molecule has 1 N–H and O–H groups in total. The van der Waals surface area contributed by atoms with E-state index in [1.165, 1.54) is 6.92 Å². The Morgan fingerprint density at radius 1 is 1.35 bits per heavy atom. The van der Waals surface area contributed by atoms with Crippen LogP contribution in [-0.4, -0.2) is 18.5 Å². The zero-order chi connectivity index (χ0) is 15.3. The lowest BCUT2D eigenvalue weighted by Gasteiger charge is -2.10. The number of hydrogen-bond donors (Lipinski definition) is 1. The van der Waals surface area contributed by atoms with Gasteiger partial charge in [0, 0.05) is 5.69 Å². The third-order valence-electron chi connectivity index (χ3n) is 2.11. The Kier molecular flexibility index (Phi) is 4.69. The number of benzene rings is 1. The number of hydrogen-bond acceptors (Lipinski definition) is 4. The molecule has 106 valence electrons. The van der Waals surface area contributed by atoms with Gasteiger partial charge in [0.25, 0.3) is 0 Å². The molecule has 20 heavy (non-hydrogen) atoms. The number of carbonyl (C=O) groups is 2. The van der Waals surface area contributed by atoms with Crippen molar-refractivity contribution >= 4 is 17.6 Å². The molecular formula is C12H9F3N2O3. The van der Waals surface area contributed by atoms with Crippen LogP contribution in [0.3, 0.4) is 0 Å². The molecule has 1 aromatic rings. The van der Waals surface area contributed by atoms with Crippen molar-refractivity contribution in [1.29, 1.82) is 5.26 Å². The van der Waals surface area contributed by atoms with Crippen molar-refractivity contribution in [3.63, 3.8) is 0 Å². The Morgan fingerprint density at radius 3 is 2.50 bits per heavy atom. The van der Waals surface area contributed by atoms with Crippen LogP contribution in [0, 0.1) is 11.3 Å². The molecule has 0 atom stereocenters. The van der Waals surface area contributed by atoms with Gasteiger partial charge in [-0.2, -0.15) is 18.4 Å². The van der Waals surface area contributed by atoms with Gasteiger partial charge in [0.05, 0.1) is 23.8 Å². The lowest BCUT2D eigenvalue weighted by Crippen LogP contribution is -2.25. The van der Waals surface area contributed by atoms with Gasteiger partial charge in [0.2, 0.25) is 0 Å². The minimum atomic E-state index is -4.67. The monoisotopic (exact) mass is 286 g/mol. The van der Waals surface area contributed by atoms with E-state index < -0.39 is 23.6 Å². The number of nitrogens with one attached hydrogen (secondary N) is 1. The first-order valence-electron chi connectivity index (χ1n) is 5.38. The maximum absolute atomic E-state index is 12.6. The first-order valence-corrected chi connectivity index (χ1v) is 5.38. The van der Waals surface area contributed by atoms with Crippen molar-refractivity contribution in [2.45, 2.75) is 13.1 Å². The van der Waals surface area contributed by atoms with Crippen molar-refractivity contribution in [3.8, 4) is 6.07 Å². The maximum atomic E-state index is 12.6. The molecule has 0 bridgehead atoms. The molecule has 0 fully saturated rings. The van der Waals surface area contributed by atoms with Crippen molar-refractivity contribution in [3.05, 3.63) is 29.3 Å². The standard InChI is InChI=1S/C12H9F3N2O3/c1-2-20-11(19)10(18)17-9-4-7(6-16)3-8(5-9)12(13,14)15/h3-5H,2H2,1H3,(H,17,18). The summed E-state index contributed by atoms with van der Waals surface area (Å²) in [5, 5.41) is 10.6. The fourth-order valence-electron chi connectivity index (χ4n) is 1.31. The number of carbonyl (C=O) groups excluding carboxylic acids is 2. The van der Waals surface area contributed by atoms with Gasteiger partial charge >= 0.3 is 18.1 Å². The van der Waals surface area contributed by atoms with E-state index in [9.17, 15) is 22.8 Å². The summed E-state index contributed by atoms with van der Waals surface area (Å²) in [4.78, 5) is 22.4. The molecule has 0 unspecified atom stereocenters. The Labute approximate surface area is 111 Å². The molecule has 1 rings (SSSR count). The fourth-order valence-corrected chi connectivity index (χ4v) is 1.31. The molecule has 8 heteroatoms. The summed E-state index contributed by atoms with van der Waals surface area (Å²) in [5.74, 6) is -2.43. The third kappa shape index (κ3) is 3.98. The Morgan fingerprint density at radius 2 is 2.00 bits per heavy atom. The van der Waals surface area contributed by atoms with Crippen LogP contribution in [0.2, 0.25) is 0 Å². The molecule has 0 saturated carbocycles. The van der Waals surface area contributed by atoms with Crippen molar-refractivity contribution in [2.75, 3.05) is 11.9 Å². The molecule has 0 saturated heterocycles. The van der Waals surface area contributed by atoms with Crippen LogP contribution in [0.1, 0.15) is 18.1 Å². The van der Waals surface area contributed by atoms with Gasteiger partial charge in [0.15, 0.2) is 0 Å². The molecule has 0 aliphatic carbocycles. The molecule has 0 heterocycles. The van der Waals surface area contributed by atoms with Crippen molar-refractivity contribution in [1.82, 2.24) is 0 Å². The normalized spacial score (nSPS) is 10.6. The van der Waals surface area contributed by atoms with E-state index in [0.29, 0.717) is 12.1 Å². The van der Waals surface area contributed by atoms with Crippen LogP contribution in [0.25, 0.3) is 0 Å². The van der Waals surface area contributed by atoms with Gasteiger partial charge < -0.3 is 10.1 Å². The SMILES string of the molecule is CCOC(=O)C(=O)Nc1cc(C#N)cc(C(F)(F)F)c1. The zero-order valence-electron chi connectivity index (χ0n) is 10.2. The van der Waals surface area contributed by atoms with Crippen LogP contribution in [-0.2, 0) is 20.5 Å². The van der Waals surface area contributed by atoms with E-state index in [-0.39, 0.29) is 17.9 Å². The van der Waals surface area contributed by atoms with Gasteiger partial charge in [-0.1, -0.05) is 0 Å². The number of rotatable bonds is 2. The molecule has 0 aliphatic heterocycles. The third-order valence-corrected chi connectivity index (χ3v) is 2.11. The summed E-state index contributed by atoms with van der Waals surface area (Å²) in [5.41, 5.74) is -1.70. The molecular weight excluding hydrogens is 277 g/mol. The largest absolute Gasteiger partial charge is 0.459 e. The molecule has 1 aromatic carbocycles. The Balaban J connectivity index is 3.05. The van der Waals surface area contributed by atoms with Crippen molar-refractivity contribution < 1.29 is 27.5 Å². The number of ether oxygens (including phenoxy) is 1. The Bertz CT molecular complexity index is 576. The highest BCUT2D eigenvalue weighted by Gasteiger charge is 2.31. The molecule has 1 amide bonds. The average Bonchev–Trinajstić information content (AvgIpc) is 2.37. The number of anilines is 1. The Hall–Kier alpha value is -2.56. The van der Waals surface area contributed by atoms with Gasteiger partial charge in [-0.05, 0) is 25.1 Å². The summed E-state index contributed by atoms with van der Waals surface area (Å²) in [6.45, 7) is 1.43. The van der Waals surface area contributed by atoms with Crippen molar-refractivity contribution in [2.24, 2.45) is 0 Å². The number of halogens is 3. The van der Waals surface area contributed by atoms with Crippen LogP contribution < -0.4 is 5.32 Å². The summed E-state index contributed by atoms with van der Waals surface area (Å²) >= 11 is 0. The van der Waals surface area contributed by atoms with Crippen LogP contribution in [0.5, 0.6) is 0 Å². The second kappa shape index (κ2) is 6.06. The topological polar surface area (TPSA) is 79.2 Å². The fraction of sp³-hybridized carbons (Fsp3) is 0.250. The molecule has 0 aromatic heterocycles. The minimum absolute atomic E-state index is 0.0434. The number of amides is 1. The highest BCUT2D eigenvalue weighted by molar-refractivity contribution is 6.37. The van der Waals surface area contributed by atoms with E-state index >= 15 is 0 Å². The van der Waals surface area contributed by atoms with E-state index in [1.807, 2.05) is 5.32 Å². The van der Waals surface area contributed by atoms with Gasteiger partial charge in [-0.15, -0.1) is 0 Å². The summed E-state index contributed by atoms with van der Waals surface area (Å²) in [7, 11) is 0. The lowest BCUT2D eigenvalue weighted by atomic mass is 10.1. The van der Waals surface area contributed by atoms with Crippen LogP contribution in [0.4, 0.5) is 18.9 Å². The smallest absolute Gasteiger partial charge is 0.416 e. The lowest BCUT2D eigenvalue weighted by molar-refractivity contribution is -0.152. The van der Waals surface area contributed by atoms with Gasteiger partial charge in [-0.25, -0.2) is 4.79 Å². The first kappa shape index (κ1) is 15.5. The van der Waals surface area contributed by atoms with Gasteiger partial charge in [0.1, 0.15) is 0 Å². The number of nitriles is 1. The quantitative estimate of drug-likeness (QED) is 0.666. The summed E-state index contributed by atoms with van der Waals surface area (Å²) in [6, 6.07) is 3.82. The predicted molar refractivity (Wildman–Crippen MR) is 61.4 cm³/mol. The second-order valence-electron chi connectivity index (χ2n) is 3.58. The molecule has 0 aliphatic rings. The van der Waals surface area contributed by atoms with Crippen LogP contribution in [0.15, 0.2) is 18.2 Å². The maximum Gasteiger partial charge on any atom is 0.416 e. The predicted octanol–water partition coefficient (Wildman–Crippen LogP) is 2.08. The van der Waals surface area contributed by atoms with E-state index in [1.54, 1.807) is 6.07 Å². The number of esters is 1. The molecule has 5 nitrogen and oxygen atoms in total. The highest BCUT2D eigenvalue weighted by Crippen LogP contribution is 2.31. The summed E-state index contributed by atoms with van der Waals surface area (Å²) < 4.78 is 42.2. The highest BCUT2D eigenvalue weighted by atomic mass is 19.4.